The van der Waals surface area contributed by atoms with E-state index in [0.717, 1.165) is 53.9 Å². The molecule has 4 heterocycles. The molecule has 0 radical (unpaired) electrons. The van der Waals surface area contributed by atoms with E-state index < -0.39 is 0 Å². The van der Waals surface area contributed by atoms with Gasteiger partial charge in [-0.25, -0.2) is 4.98 Å². The third kappa shape index (κ3) is 3.19. The number of amides is 1. The fraction of sp³-hybridized carbons (Fsp3) is 0.500. The van der Waals surface area contributed by atoms with Gasteiger partial charge in [-0.1, -0.05) is 19.3 Å². The van der Waals surface area contributed by atoms with Gasteiger partial charge in [-0.2, -0.15) is 0 Å². The summed E-state index contributed by atoms with van der Waals surface area (Å²) in [5, 5.41) is 11.2. The smallest absolute Gasteiger partial charge is 0.262 e. The van der Waals surface area contributed by atoms with Gasteiger partial charge < -0.3 is 20.7 Å². The number of hydrogen-bond acceptors (Lipinski definition) is 6. The number of nitrogens with zero attached hydrogens (tertiary/aromatic N) is 1. The van der Waals surface area contributed by atoms with Gasteiger partial charge >= 0.3 is 0 Å². The van der Waals surface area contributed by atoms with Crippen molar-refractivity contribution >= 4 is 33.8 Å². The molecule has 1 aliphatic carbocycles. The summed E-state index contributed by atoms with van der Waals surface area (Å²) in [6.07, 6.45) is 8.54. The van der Waals surface area contributed by atoms with Gasteiger partial charge in [0.15, 0.2) is 0 Å². The molecule has 6 nitrogen and oxygen atoms in total. The quantitative estimate of drug-likeness (QED) is 0.743. The number of ether oxygens (including phenoxy) is 1. The monoisotopic (exact) mass is 384 g/mol. The molecule has 1 spiro atoms. The number of fused-ring (bicyclic) bond motifs is 2. The third-order valence-electron chi connectivity index (χ3n) is 5.82. The van der Waals surface area contributed by atoms with E-state index in [9.17, 15) is 4.79 Å². The maximum absolute atomic E-state index is 12.5. The van der Waals surface area contributed by atoms with Crippen LogP contribution >= 0.6 is 11.3 Å². The highest BCUT2D eigenvalue weighted by atomic mass is 32.1. The molecule has 2 aromatic rings. The van der Waals surface area contributed by atoms with Gasteiger partial charge in [-0.05, 0) is 31.4 Å². The molecule has 2 aliphatic heterocycles. The van der Waals surface area contributed by atoms with Gasteiger partial charge in [0.1, 0.15) is 5.82 Å². The highest BCUT2D eigenvalue weighted by Gasteiger charge is 2.44. The fourth-order valence-corrected chi connectivity index (χ4v) is 5.53. The lowest BCUT2D eigenvalue weighted by molar-refractivity contribution is 0.0912. The number of thiophene rings is 1. The maximum Gasteiger partial charge on any atom is 0.262 e. The van der Waals surface area contributed by atoms with Crippen molar-refractivity contribution in [3.8, 4) is 0 Å². The molecular formula is C20H24N4O2S. The molecule has 1 saturated heterocycles. The van der Waals surface area contributed by atoms with Crippen molar-refractivity contribution in [2.45, 2.75) is 50.1 Å². The minimum absolute atomic E-state index is 0.0864. The molecule has 5 rings (SSSR count). The fourth-order valence-electron chi connectivity index (χ4n) is 4.45. The molecule has 7 heteroatoms. The number of pyridine rings is 1. The zero-order valence-electron chi connectivity index (χ0n) is 15.2. The first kappa shape index (κ1) is 17.0. The van der Waals surface area contributed by atoms with Crippen LogP contribution in [0.5, 0.6) is 0 Å². The Morgan fingerprint density at radius 2 is 2.15 bits per heavy atom. The van der Waals surface area contributed by atoms with E-state index in [-0.39, 0.29) is 11.4 Å². The number of carbonyl (C=O) groups excluding carboxylic acids is 1. The van der Waals surface area contributed by atoms with Crippen molar-refractivity contribution in [1.29, 1.82) is 0 Å². The van der Waals surface area contributed by atoms with E-state index in [1.807, 2.05) is 12.1 Å². The predicted molar refractivity (Wildman–Crippen MR) is 107 cm³/mol. The minimum Gasteiger partial charge on any atom is -0.379 e. The van der Waals surface area contributed by atoms with Crippen molar-refractivity contribution in [3.05, 3.63) is 34.8 Å². The van der Waals surface area contributed by atoms with Gasteiger partial charge in [-0.3, -0.25) is 4.79 Å². The molecule has 2 fully saturated rings. The van der Waals surface area contributed by atoms with Crippen LogP contribution in [0.2, 0.25) is 0 Å². The molecular weight excluding hydrogens is 360 g/mol. The largest absolute Gasteiger partial charge is 0.379 e. The van der Waals surface area contributed by atoms with Crippen LogP contribution in [0.25, 0.3) is 0 Å². The molecule has 0 unspecified atom stereocenters. The standard InChI is InChI=1S/C20H24N4O2S/c25-19-18-15(20(24-19)6-2-1-3-7-20)11-17(27-18)23-13-4-8-21-16(10-13)22-14-5-9-26-12-14/h4,8,10-11,14H,1-3,5-7,9,12H2,(H,24,25)(H2,21,22,23)/t14-/m0/s1. The number of anilines is 3. The molecule has 1 amide bonds. The summed E-state index contributed by atoms with van der Waals surface area (Å²) < 4.78 is 5.41. The second-order valence-electron chi connectivity index (χ2n) is 7.71. The number of hydrogen-bond donors (Lipinski definition) is 3. The molecule has 3 N–H and O–H groups in total. The minimum atomic E-state index is -0.130. The first-order valence-corrected chi connectivity index (χ1v) is 10.6. The van der Waals surface area contributed by atoms with Crippen LogP contribution in [0.3, 0.4) is 0 Å². The van der Waals surface area contributed by atoms with Crippen LogP contribution in [0.4, 0.5) is 16.5 Å². The van der Waals surface area contributed by atoms with Crippen LogP contribution in [-0.2, 0) is 10.3 Å². The molecule has 0 bridgehead atoms. The maximum atomic E-state index is 12.5. The number of nitrogens with one attached hydrogen (secondary N) is 3. The number of rotatable bonds is 4. The summed E-state index contributed by atoms with van der Waals surface area (Å²) in [5.41, 5.74) is 2.04. The van der Waals surface area contributed by atoms with E-state index >= 15 is 0 Å². The first-order valence-electron chi connectivity index (χ1n) is 9.76. The number of carbonyl (C=O) groups is 1. The third-order valence-corrected chi connectivity index (χ3v) is 6.87. The van der Waals surface area contributed by atoms with Gasteiger partial charge in [-0.15, -0.1) is 11.3 Å². The van der Waals surface area contributed by atoms with Gasteiger partial charge in [0.2, 0.25) is 0 Å². The van der Waals surface area contributed by atoms with Crippen molar-refractivity contribution in [2.75, 3.05) is 23.8 Å². The summed E-state index contributed by atoms with van der Waals surface area (Å²) in [5.74, 6) is 0.935. The van der Waals surface area contributed by atoms with Gasteiger partial charge in [0.05, 0.1) is 28.1 Å². The van der Waals surface area contributed by atoms with Crippen molar-refractivity contribution in [2.24, 2.45) is 0 Å². The Morgan fingerprint density at radius 3 is 2.96 bits per heavy atom. The van der Waals surface area contributed by atoms with Crippen LogP contribution in [0.1, 0.15) is 53.8 Å². The molecule has 1 atom stereocenters. The SMILES string of the molecule is O=C1NC2(CCCCC2)c2cc(Nc3ccnc(N[C@H]4CCOC4)c3)sc21. The molecule has 3 aliphatic rings. The molecule has 142 valence electrons. The highest BCUT2D eigenvalue weighted by Crippen LogP contribution is 2.47. The molecule has 1 saturated carbocycles. The lowest BCUT2D eigenvalue weighted by Crippen LogP contribution is -2.40. The Labute approximate surface area is 162 Å². The lowest BCUT2D eigenvalue weighted by Gasteiger charge is -2.33. The Kier molecular flexibility index (Phi) is 4.28. The Bertz CT molecular complexity index is 853. The van der Waals surface area contributed by atoms with Crippen LogP contribution in [0, 0.1) is 0 Å². The average Bonchev–Trinajstić information content (AvgIpc) is 3.37. The summed E-state index contributed by atoms with van der Waals surface area (Å²) >= 11 is 1.55. The summed E-state index contributed by atoms with van der Waals surface area (Å²) in [6.45, 7) is 1.54. The number of aromatic nitrogens is 1. The Morgan fingerprint density at radius 1 is 1.26 bits per heavy atom. The Hall–Kier alpha value is -2.12. The van der Waals surface area contributed by atoms with Gasteiger partial charge in [0, 0.05) is 30.1 Å². The van der Waals surface area contributed by atoms with E-state index in [1.54, 1.807) is 17.5 Å². The summed E-state index contributed by atoms with van der Waals surface area (Å²) in [7, 11) is 0. The molecule has 27 heavy (non-hydrogen) atoms. The lowest BCUT2D eigenvalue weighted by atomic mass is 9.78. The van der Waals surface area contributed by atoms with Crippen molar-refractivity contribution in [3.63, 3.8) is 0 Å². The normalized spacial score (nSPS) is 23.3. The Balaban J connectivity index is 1.35. The van der Waals surface area contributed by atoms with Crippen molar-refractivity contribution in [1.82, 2.24) is 10.3 Å². The highest BCUT2D eigenvalue weighted by molar-refractivity contribution is 7.18. The summed E-state index contributed by atoms with van der Waals surface area (Å²) in [6, 6.07) is 6.46. The van der Waals surface area contributed by atoms with Crippen LogP contribution < -0.4 is 16.0 Å². The molecule has 2 aromatic heterocycles. The zero-order valence-corrected chi connectivity index (χ0v) is 16.0. The van der Waals surface area contributed by atoms with Gasteiger partial charge in [0.25, 0.3) is 5.91 Å². The second-order valence-corrected chi connectivity index (χ2v) is 8.76. The topological polar surface area (TPSA) is 75.3 Å². The second kappa shape index (κ2) is 6.80. The predicted octanol–water partition coefficient (Wildman–Crippen LogP) is 3.99. The van der Waals surface area contributed by atoms with Crippen molar-refractivity contribution < 1.29 is 9.53 Å². The first-order chi connectivity index (χ1) is 13.2. The average molecular weight is 385 g/mol. The molecule has 0 aromatic carbocycles. The zero-order chi connectivity index (χ0) is 18.3. The van der Waals surface area contributed by atoms with E-state index in [4.69, 9.17) is 4.74 Å². The van der Waals surface area contributed by atoms with E-state index in [0.29, 0.717) is 6.04 Å². The van der Waals surface area contributed by atoms with Crippen LogP contribution in [-0.4, -0.2) is 30.1 Å². The van der Waals surface area contributed by atoms with Crippen LogP contribution in [0.15, 0.2) is 24.4 Å². The van der Waals surface area contributed by atoms with E-state index in [2.05, 4.69) is 27.0 Å². The van der Waals surface area contributed by atoms with E-state index in [1.165, 1.54) is 24.8 Å². The summed E-state index contributed by atoms with van der Waals surface area (Å²) in [4.78, 5) is 17.8.